The lowest BCUT2D eigenvalue weighted by atomic mass is 10.0. The molecule has 3 heterocycles. The molecule has 136 valence electrons. The summed E-state index contributed by atoms with van der Waals surface area (Å²) < 4.78 is 0. The summed E-state index contributed by atoms with van der Waals surface area (Å²) in [7, 11) is 1.88. The van der Waals surface area contributed by atoms with Crippen LogP contribution >= 0.6 is 11.3 Å². The fourth-order valence-corrected chi connectivity index (χ4v) is 4.05. The van der Waals surface area contributed by atoms with Crippen LogP contribution in [0.4, 0.5) is 5.82 Å². The summed E-state index contributed by atoms with van der Waals surface area (Å²) in [4.78, 5) is 26.7. The third-order valence-electron chi connectivity index (χ3n) is 5.08. The molecular weight excluding hydrogens is 334 g/mol. The van der Waals surface area contributed by atoms with Gasteiger partial charge in [-0.25, -0.2) is 9.97 Å². The van der Waals surface area contributed by atoms with Crippen molar-refractivity contribution in [3.05, 3.63) is 17.8 Å². The minimum absolute atomic E-state index is 0.127. The Labute approximate surface area is 153 Å². The predicted octanol–water partition coefficient (Wildman–Crippen LogP) is 2.49. The van der Waals surface area contributed by atoms with Gasteiger partial charge in [0.1, 0.15) is 23.0 Å². The number of carbonyl (C=O) groups excluding carboxylic acids is 1. The summed E-state index contributed by atoms with van der Waals surface area (Å²) in [6.45, 7) is 5.79. The van der Waals surface area contributed by atoms with E-state index in [0.717, 1.165) is 41.8 Å². The first-order chi connectivity index (χ1) is 12.0. The van der Waals surface area contributed by atoms with Crippen LogP contribution in [-0.4, -0.2) is 53.0 Å². The topological polar surface area (TPSA) is 75.3 Å². The van der Waals surface area contributed by atoms with Gasteiger partial charge < -0.3 is 15.5 Å². The average molecular weight is 362 g/mol. The highest BCUT2D eigenvalue weighted by molar-refractivity contribution is 7.16. The van der Waals surface area contributed by atoms with Gasteiger partial charge in [0, 0.05) is 26.2 Å². The molecule has 1 saturated heterocycles. The molecule has 1 fully saturated rings. The largest absolute Gasteiger partial charge is 0.344 e. The first-order valence-corrected chi connectivity index (χ1v) is 9.82. The molecule has 7 heteroatoms. The van der Waals surface area contributed by atoms with Crippen LogP contribution in [0.1, 0.15) is 33.1 Å². The minimum Gasteiger partial charge on any atom is -0.344 e. The van der Waals surface area contributed by atoms with Crippen molar-refractivity contribution in [3.63, 3.8) is 0 Å². The van der Waals surface area contributed by atoms with Crippen LogP contribution in [0.5, 0.6) is 0 Å². The molecule has 2 aromatic heterocycles. The van der Waals surface area contributed by atoms with Gasteiger partial charge in [0.2, 0.25) is 5.91 Å². The maximum Gasteiger partial charge on any atom is 0.245 e. The van der Waals surface area contributed by atoms with Gasteiger partial charge in [-0.2, -0.15) is 0 Å². The summed E-state index contributed by atoms with van der Waals surface area (Å²) in [5, 5.41) is 3.06. The van der Waals surface area contributed by atoms with Gasteiger partial charge in [0.25, 0.3) is 0 Å². The summed E-state index contributed by atoms with van der Waals surface area (Å²) in [5.41, 5.74) is 6.12. The fourth-order valence-electron chi connectivity index (χ4n) is 3.32. The SMILES string of the molecule is CC(C)C(N)CCN(C)C(=O)C1CCCN1c1ncnc2sccc12. The van der Waals surface area contributed by atoms with Gasteiger partial charge in [0.05, 0.1) is 5.39 Å². The summed E-state index contributed by atoms with van der Waals surface area (Å²) in [5.74, 6) is 1.48. The van der Waals surface area contributed by atoms with Crippen molar-refractivity contribution in [2.75, 3.05) is 25.0 Å². The molecule has 1 amide bonds. The van der Waals surface area contributed by atoms with E-state index in [2.05, 4.69) is 28.7 Å². The van der Waals surface area contributed by atoms with Gasteiger partial charge in [-0.3, -0.25) is 4.79 Å². The van der Waals surface area contributed by atoms with Crippen LogP contribution in [0.25, 0.3) is 10.2 Å². The number of amides is 1. The zero-order valence-corrected chi connectivity index (χ0v) is 16.0. The lowest BCUT2D eigenvalue weighted by molar-refractivity contribution is -0.131. The second-order valence-electron chi connectivity index (χ2n) is 7.14. The molecule has 0 spiro atoms. The predicted molar refractivity (Wildman–Crippen MR) is 103 cm³/mol. The van der Waals surface area contributed by atoms with Crippen molar-refractivity contribution in [3.8, 4) is 0 Å². The molecule has 2 atom stereocenters. The molecule has 0 aromatic carbocycles. The van der Waals surface area contributed by atoms with Gasteiger partial charge in [-0.1, -0.05) is 13.8 Å². The van der Waals surface area contributed by atoms with E-state index in [9.17, 15) is 4.79 Å². The molecule has 3 rings (SSSR count). The standard InChI is InChI=1S/C18H27N5OS/c1-12(2)14(19)6-9-22(3)18(24)15-5-4-8-23(15)16-13-7-10-25-17(13)21-11-20-16/h7,10-12,14-15H,4-6,8-9,19H2,1-3H3. The summed E-state index contributed by atoms with van der Waals surface area (Å²) in [6, 6.07) is 2.03. The second-order valence-corrected chi connectivity index (χ2v) is 8.04. The highest BCUT2D eigenvalue weighted by Crippen LogP contribution is 2.32. The van der Waals surface area contributed by atoms with Crippen LogP contribution in [0.3, 0.4) is 0 Å². The minimum atomic E-state index is -0.140. The first-order valence-electron chi connectivity index (χ1n) is 8.94. The molecule has 0 bridgehead atoms. The van der Waals surface area contributed by atoms with Crippen LogP contribution in [0.2, 0.25) is 0 Å². The van der Waals surface area contributed by atoms with E-state index in [1.54, 1.807) is 17.7 Å². The highest BCUT2D eigenvalue weighted by atomic mass is 32.1. The monoisotopic (exact) mass is 361 g/mol. The molecule has 0 aliphatic carbocycles. The molecule has 6 nitrogen and oxygen atoms in total. The summed E-state index contributed by atoms with van der Waals surface area (Å²) in [6.07, 6.45) is 4.30. The molecule has 2 N–H and O–H groups in total. The number of hydrogen-bond acceptors (Lipinski definition) is 6. The van der Waals surface area contributed by atoms with Crippen LogP contribution in [0.15, 0.2) is 17.8 Å². The molecular formula is C18H27N5OS. The molecule has 25 heavy (non-hydrogen) atoms. The van der Waals surface area contributed by atoms with Gasteiger partial charge in [-0.05, 0) is 36.6 Å². The molecule has 1 aliphatic heterocycles. The van der Waals surface area contributed by atoms with E-state index >= 15 is 0 Å². The number of likely N-dealkylation sites (N-methyl/N-ethyl adjacent to an activating group) is 1. The number of carbonyl (C=O) groups is 1. The zero-order chi connectivity index (χ0) is 18.0. The lowest BCUT2D eigenvalue weighted by Gasteiger charge is -2.30. The van der Waals surface area contributed by atoms with E-state index in [4.69, 9.17) is 5.73 Å². The van der Waals surface area contributed by atoms with E-state index in [0.29, 0.717) is 12.5 Å². The van der Waals surface area contributed by atoms with E-state index in [-0.39, 0.29) is 18.0 Å². The van der Waals surface area contributed by atoms with Crippen LogP contribution in [-0.2, 0) is 4.79 Å². The Kier molecular flexibility index (Phi) is 5.54. The van der Waals surface area contributed by atoms with Gasteiger partial charge in [-0.15, -0.1) is 11.3 Å². The summed E-state index contributed by atoms with van der Waals surface area (Å²) >= 11 is 1.60. The van der Waals surface area contributed by atoms with Crippen molar-refractivity contribution < 1.29 is 4.79 Å². The maximum absolute atomic E-state index is 13.0. The van der Waals surface area contributed by atoms with Crippen molar-refractivity contribution >= 4 is 33.3 Å². The number of aromatic nitrogens is 2. The Hall–Kier alpha value is -1.73. The quantitative estimate of drug-likeness (QED) is 0.855. The number of nitrogens with zero attached hydrogens (tertiary/aromatic N) is 4. The molecule has 0 saturated carbocycles. The number of nitrogens with two attached hydrogens (primary N) is 1. The van der Waals surface area contributed by atoms with Gasteiger partial charge >= 0.3 is 0 Å². The van der Waals surface area contributed by atoms with E-state index in [1.165, 1.54) is 0 Å². The number of anilines is 1. The van der Waals surface area contributed by atoms with Crippen molar-refractivity contribution in [1.82, 2.24) is 14.9 Å². The van der Waals surface area contributed by atoms with E-state index < -0.39 is 0 Å². The van der Waals surface area contributed by atoms with Crippen molar-refractivity contribution in [1.29, 1.82) is 0 Å². The third kappa shape index (κ3) is 3.77. The smallest absolute Gasteiger partial charge is 0.245 e. The third-order valence-corrected chi connectivity index (χ3v) is 5.90. The molecule has 2 unspecified atom stereocenters. The van der Waals surface area contributed by atoms with Crippen molar-refractivity contribution in [2.45, 2.75) is 45.2 Å². The normalized spacial score (nSPS) is 18.9. The number of rotatable bonds is 6. The van der Waals surface area contributed by atoms with Crippen LogP contribution in [0, 0.1) is 5.92 Å². The fraction of sp³-hybridized carbons (Fsp3) is 0.611. The Bertz CT molecular complexity index is 731. The van der Waals surface area contributed by atoms with Crippen LogP contribution < -0.4 is 10.6 Å². The van der Waals surface area contributed by atoms with Crippen molar-refractivity contribution in [2.24, 2.45) is 11.7 Å². The Morgan fingerprint density at radius 1 is 1.48 bits per heavy atom. The lowest BCUT2D eigenvalue weighted by Crippen LogP contribution is -2.45. The van der Waals surface area contributed by atoms with E-state index in [1.807, 2.05) is 23.4 Å². The molecule has 2 aromatic rings. The molecule has 1 aliphatic rings. The maximum atomic E-state index is 13.0. The highest BCUT2D eigenvalue weighted by Gasteiger charge is 2.34. The Morgan fingerprint density at radius 3 is 3.04 bits per heavy atom. The average Bonchev–Trinajstić information content (AvgIpc) is 3.26. The van der Waals surface area contributed by atoms with Gasteiger partial charge in [0.15, 0.2) is 0 Å². The first kappa shape index (κ1) is 18.1. The number of thiophene rings is 1. The second kappa shape index (κ2) is 7.66. The number of hydrogen-bond donors (Lipinski definition) is 1. The Balaban J connectivity index is 1.73. The zero-order valence-electron chi connectivity index (χ0n) is 15.2. The number of fused-ring (bicyclic) bond motifs is 1. The Morgan fingerprint density at radius 2 is 2.28 bits per heavy atom. The molecule has 0 radical (unpaired) electrons.